The summed E-state index contributed by atoms with van der Waals surface area (Å²) in [5.74, 6) is -1.49. The van der Waals surface area contributed by atoms with Crippen LogP contribution in [-0.2, 0) is 4.79 Å². The third-order valence-corrected chi connectivity index (χ3v) is 3.87. The van der Waals surface area contributed by atoms with Crippen LogP contribution < -0.4 is 5.32 Å². The van der Waals surface area contributed by atoms with E-state index in [4.69, 9.17) is 0 Å². The van der Waals surface area contributed by atoms with Gasteiger partial charge < -0.3 is 10.4 Å². The fourth-order valence-corrected chi connectivity index (χ4v) is 2.65. The first-order chi connectivity index (χ1) is 12.7. The van der Waals surface area contributed by atoms with Crippen LogP contribution in [0.3, 0.4) is 0 Å². The van der Waals surface area contributed by atoms with Crippen molar-refractivity contribution in [2.24, 2.45) is 0 Å². The molecule has 0 aliphatic carbocycles. The maximum atomic E-state index is 14.2. The number of nitrogens with zero attached hydrogens (tertiary/aromatic N) is 1. The Morgan fingerprint density at radius 1 is 1.22 bits per heavy atom. The van der Waals surface area contributed by atoms with Gasteiger partial charge in [-0.15, -0.1) is 0 Å². The molecule has 5 nitrogen and oxygen atoms in total. The predicted octanol–water partition coefficient (Wildman–Crippen LogP) is 4.11. The number of H-pyrrole nitrogens is 1. The summed E-state index contributed by atoms with van der Waals surface area (Å²) in [6.07, 6.45) is 3.01. The van der Waals surface area contributed by atoms with Crippen LogP contribution in [0, 0.1) is 11.6 Å². The summed E-state index contributed by atoms with van der Waals surface area (Å²) in [6.45, 7) is 2.99. The number of halogens is 2. The van der Waals surface area contributed by atoms with E-state index in [0.29, 0.717) is 22.2 Å². The number of carbonyl (C=O) groups is 1. The minimum atomic E-state index is -1.20. The standard InChI is InChI=1S/C20H19F2N3O2/c1-20(2,27)11-19(26)23-18-9-13-16(24-25-17(13)10-15(18)22)8-7-12-5-3-4-6-14(12)21/h3-10,27H,11H2,1-2H3,(H,23,26)(H,24,25). The van der Waals surface area contributed by atoms with Crippen molar-refractivity contribution in [2.75, 3.05) is 5.32 Å². The van der Waals surface area contributed by atoms with Crippen molar-refractivity contribution >= 4 is 34.6 Å². The molecule has 1 aromatic heterocycles. The van der Waals surface area contributed by atoms with Crippen molar-refractivity contribution in [1.82, 2.24) is 10.2 Å². The molecule has 7 heteroatoms. The van der Waals surface area contributed by atoms with Crippen LogP contribution in [0.4, 0.5) is 14.5 Å². The number of amides is 1. The van der Waals surface area contributed by atoms with Gasteiger partial charge in [-0.1, -0.05) is 18.2 Å². The Kier molecular flexibility index (Phi) is 5.05. The van der Waals surface area contributed by atoms with Gasteiger partial charge in [0, 0.05) is 17.0 Å². The molecule has 1 heterocycles. The van der Waals surface area contributed by atoms with Crippen molar-refractivity contribution in [1.29, 1.82) is 0 Å². The van der Waals surface area contributed by atoms with Crippen LogP contribution in [0.1, 0.15) is 31.5 Å². The molecule has 3 rings (SSSR count). The first-order valence-electron chi connectivity index (χ1n) is 8.35. The zero-order valence-corrected chi connectivity index (χ0v) is 14.9. The first kappa shape index (κ1) is 18.7. The number of rotatable bonds is 5. The maximum absolute atomic E-state index is 14.2. The average molecular weight is 371 g/mol. The van der Waals surface area contributed by atoms with E-state index in [2.05, 4.69) is 15.5 Å². The fraction of sp³-hybridized carbons (Fsp3) is 0.200. The summed E-state index contributed by atoms with van der Waals surface area (Å²) in [7, 11) is 0. The first-order valence-corrected chi connectivity index (χ1v) is 8.35. The van der Waals surface area contributed by atoms with E-state index in [1.165, 1.54) is 32.0 Å². The Balaban J connectivity index is 1.90. The van der Waals surface area contributed by atoms with Crippen molar-refractivity contribution in [3.05, 3.63) is 59.3 Å². The van der Waals surface area contributed by atoms with E-state index in [1.54, 1.807) is 30.4 Å². The SMILES string of the molecule is CC(C)(O)CC(=O)Nc1cc2c(C=Cc3ccccc3F)n[nH]c2cc1F. The zero-order valence-electron chi connectivity index (χ0n) is 14.9. The summed E-state index contributed by atoms with van der Waals surface area (Å²) in [4.78, 5) is 12.0. The van der Waals surface area contributed by atoms with Gasteiger partial charge in [0.25, 0.3) is 0 Å². The summed E-state index contributed by atoms with van der Waals surface area (Å²) >= 11 is 0. The number of aromatic nitrogens is 2. The second-order valence-corrected chi connectivity index (χ2v) is 6.88. The number of aromatic amines is 1. The minimum Gasteiger partial charge on any atom is -0.390 e. The highest BCUT2D eigenvalue weighted by molar-refractivity contribution is 5.96. The largest absolute Gasteiger partial charge is 0.390 e. The second-order valence-electron chi connectivity index (χ2n) is 6.88. The van der Waals surface area contributed by atoms with Crippen molar-refractivity contribution < 1.29 is 18.7 Å². The molecule has 0 aliphatic rings. The Bertz CT molecular complexity index is 1020. The van der Waals surface area contributed by atoms with Gasteiger partial charge in [-0.05, 0) is 38.1 Å². The Labute approximate surface area is 154 Å². The molecule has 27 heavy (non-hydrogen) atoms. The molecule has 0 spiro atoms. The third kappa shape index (κ3) is 4.57. The number of nitrogens with one attached hydrogen (secondary N) is 2. The molecule has 0 fully saturated rings. The lowest BCUT2D eigenvalue weighted by Gasteiger charge is -2.16. The van der Waals surface area contributed by atoms with Crippen molar-refractivity contribution in [3.8, 4) is 0 Å². The van der Waals surface area contributed by atoms with Crippen LogP contribution >= 0.6 is 0 Å². The molecular formula is C20H19F2N3O2. The molecule has 0 atom stereocenters. The zero-order chi connectivity index (χ0) is 19.6. The molecular weight excluding hydrogens is 352 g/mol. The molecule has 3 aromatic rings. The van der Waals surface area contributed by atoms with Crippen LogP contribution in [0.5, 0.6) is 0 Å². The Morgan fingerprint density at radius 2 is 1.96 bits per heavy atom. The number of hydrogen-bond acceptors (Lipinski definition) is 3. The molecule has 3 N–H and O–H groups in total. The number of benzene rings is 2. The molecule has 0 saturated carbocycles. The van der Waals surface area contributed by atoms with Crippen molar-refractivity contribution in [3.63, 3.8) is 0 Å². The summed E-state index contributed by atoms with van der Waals surface area (Å²) in [6, 6.07) is 8.98. The number of hydrogen-bond donors (Lipinski definition) is 3. The predicted molar refractivity (Wildman–Crippen MR) is 101 cm³/mol. The molecule has 0 radical (unpaired) electrons. The molecule has 0 saturated heterocycles. The smallest absolute Gasteiger partial charge is 0.227 e. The lowest BCUT2D eigenvalue weighted by Crippen LogP contribution is -2.27. The Morgan fingerprint density at radius 3 is 2.67 bits per heavy atom. The van der Waals surface area contributed by atoms with Gasteiger partial charge in [-0.2, -0.15) is 5.10 Å². The summed E-state index contributed by atoms with van der Waals surface area (Å²) in [5, 5.41) is 19.6. The summed E-state index contributed by atoms with van der Waals surface area (Å²) in [5.41, 5.74) is 0.106. The van der Waals surface area contributed by atoms with E-state index in [0.717, 1.165) is 0 Å². The van der Waals surface area contributed by atoms with Gasteiger partial charge in [0.05, 0.1) is 28.9 Å². The highest BCUT2D eigenvalue weighted by atomic mass is 19.1. The highest BCUT2D eigenvalue weighted by Gasteiger charge is 2.19. The van der Waals surface area contributed by atoms with E-state index in [1.807, 2.05) is 0 Å². The topological polar surface area (TPSA) is 78.0 Å². The lowest BCUT2D eigenvalue weighted by molar-refractivity contribution is -0.119. The monoisotopic (exact) mass is 371 g/mol. The molecule has 140 valence electrons. The molecule has 2 aromatic carbocycles. The van der Waals surface area contributed by atoms with Crippen molar-refractivity contribution in [2.45, 2.75) is 25.9 Å². The fourth-order valence-electron chi connectivity index (χ4n) is 2.65. The molecule has 0 aliphatic heterocycles. The normalized spacial score (nSPS) is 12.0. The van der Waals surface area contributed by atoms with E-state index in [-0.39, 0.29) is 17.9 Å². The number of fused-ring (bicyclic) bond motifs is 1. The van der Waals surface area contributed by atoms with Crippen LogP contribution in [-0.4, -0.2) is 26.8 Å². The van der Waals surface area contributed by atoms with Crippen LogP contribution in [0.2, 0.25) is 0 Å². The van der Waals surface area contributed by atoms with Gasteiger partial charge in [0.15, 0.2) is 0 Å². The van der Waals surface area contributed by atoms with Gasteiger partial charge in [0.1, 0.15) is 11.6 Å². The quantitative estimate of drug-likeness (QED) is 0.632. The van der Waals surface area contributed by atoms with E-state index < -0.39 is 17.3 Å². The number of aliphatic hydroxyl groups is 1. The molecule has 0 unspecified atom stereocenters. The third-order valence-electron chi connectivity index (χ3n) is 3.87. The van der Waals surface area contributed by atoms with E-state index in [9.17, 15) is 18.7 Å². The van der Waals surface area contributed by atoms with Gasteiger partial charge in [-0.25, -0.2) is 8.78 Å². The average Bonchev–Trinajstić information content (AvgIpc) is 2.94. The number of anilines is 1. The molecule has 1 amide bonds. The second kappa shape index (κ2) is 7.28. The van der Waals surface area contributed by atoms with Gasteiger partial charge in [0.2, 0.25) is 5.91 Å². The lowest BCUT2D eigenvalue weighted by atomic mass is 10.1. The number of carbonyl (C=O) groups excluding carboxylic acids is 1. The maximum Gasteiger partial charge on any atom is 0.227 e. The van der Waals surface area contributed by atoms with Crippen LogP contribution in [0.25, 0.3) is 23.1 Å². The molecule has 0 bridgehead atoms. The minimum absolute atomic E-state index is 0.0151. The Hall–Kier alpha value is -3.06. The van der Waals surface area contributed by atoms with Crippen LogP contribution in [0.15, 0.2) is 36.4 Å². The van der Waals surface area contributed by atoms with Gasteiger partial charge in [-0.3, -0.25) is 9.89 Å². The summed E-state index contributed by atoms with van der Waals surface area (Å²) < 4.78 is 28.0. The van der Waals surface area contributed by atoms with Gasteiger partial charge >= 0.3 is 0 Å². The highest BCUT2D eigenvalue weighted by Crippen LogP contribution is 2.26. The van der Waals surface area contributed by atoms with E-state index >= 15 is 0 Å².